The Morgan fingerprint density at radius 3 is 2.55 bits per heavy atom. The molecule has 0 aliphatic carbocycles. The average molecular weight is 326 g/mol. The zero-order valence-corrected chi connectivity index (χ0v) is 13.7. The first-order valence-electron chi connectivity index (χ1n) is 7.62. The molecule has 0 bridgehead atoms. The lowest BCUT2D eigenvalue weighted by Crippen LogP contribution is -2.46. The minimum Gasteiger partial charge on any atom is -0.454 e. The van der Waals surface area contributed by atoms with Crippen molar-refractivity contribution in [2.75, 3.05) is 19.9 Å². The van der Waals surface area contributed by atoms with Crippen molar-refractivity contribution < 1.29 is 17.9 Å². The van der Waals surface area contributed by atoms with Crippen LogP contribution >= 0.6 is 0 Å². The van der Waals surface area contributed by atoms with Crippen LogP contribution in [0.3, 0.4) is 0 Å². The number of hydrogen-bond donors (Lipinski definition) is 1. The van der Waals surface area contributed by atoms with Crippen LogP contribution in [-0.4, -0.2) is 45.3 Å². The van der Waals surface area contributed by atoms with Gasteiger partial charge in [0.15, 0.2) is 11.5 Å². The topological polar surface area (TPSA) is 67.9 Å². The molecule has 0 saturated carbocycles. The molecule has 22 heavy (non-hydrogen) atoms. The first-order valence-corrected chi connectivity index (χ1v) is 9.10. The van der Waals surface area contributed by atoms with E-state index in [1.54, 1.807) is 12.1 Å². The third-order valence-corrected chi connectivity index (χ3v) is 5.75. The van der Waals surface area contributed by atoms with Crippen LogP contribution in [0.15, 0.2) is 23.1 Å². The summed E-state index contributed by atoms with van der Waals surface area (Å²) in [5, 5.41) is 0. The number of benzene rings is 1. The molecule has 0 radical (unpaired) electrons. The molecule has 1 N–H and O–H groups in total. The van der Waals surface area contributed by atoms with Gasteiger partial charge in [0, 0.05) is 18.2 Å². The smallest absolute Gasteiger partial charge is 0.240 e. The van der Waals surface area contributed by atoms with E-state index in [4.69, 9.17) is 9.47 Å². The predicted octanol–water partition coefficient (Wildman–Crippen LogP) is 1.57. The highest BCUT2D eigenvalue weighted by atomic mass is 32.2. The van der Waals surface area contributed by atoms with Crippen molar-refractivity contribution in [2.45, 2.75) is 43.7 Å². The Morgan fingerprint density at radius 1 is 1.18 bits per heavy atom. The first kappa shape index (κ1) is 15.6. The molecular weight excluding hydrogens is 304 g/mol. The summed E-state index contributed by atoms with van der Waals surface area (Å²) in [5.74, 6) is 1.07. The van der Waals surface area contributed by atoms with Crippen molar-refractivity contribution in [1.82, 2.24) is 9.62 Å². The van der Waals surface area contributed by atoms with E-state index >= 15 is 0 Å². The number of fused-ring (bicyclic) bond motifs is 1. The van der Waals surface area contributed by atoms with Crippen LogP contribution in [0.1, 0.15) is 26.7 Å². The molecule has 122 valence electrons. The Morgan fingerprint density at radius 2 is 1.86 bits per heavy atom. The summed E-state index contributed by atoms with van der Waals surface area (Å²) in [6, 6.07) is 5.21. The van der Waals surface area contributed by atoms with E-state index in [-0.39, 0.29) is 17.7 Å². The number of rotatable bonds is 4. The monoisotopic (exact) mass is 326 g/mol. The SMILES string of the molecule is CC(C)N1CCC(NS(=O)(=O)c2ccc3c(c2)OCO3)CC1. The molecule has 1 aromatic carbocycles. The predicted molar refractivity (Wildman–Crippen MR) is 82.6 cm³/mol. The van der Waals surface area contributed by atoms with Gasteiger partial charge in [-0.05, 0) is 51.9 Å². The van der Waals surface area contributed by atoms with E-state index < -0.39 is 10.0 Å². The van der Waals surface area contributed by atoms with Crippen LogP contribution in [0.25, 0.3) is 0 Å². The van der Waals surface area contributed by atoms with Crippen molar-refractivity contribution in [3.05, 3.63) is 18.2 Å². The molecule has 6 nitrogen and oxygen atoms in total. The van der Waals surface area contributed by atoms with Crippen LogP contribution < -0.4 is 14.2 Å². The third-order valence-electron chi connectivity index (χ3n) is 4.24. The van der Waals surface area contributed by atoms with Crippen LogP contribution in [0, 0.1) is 0 Å². The molecule has 0 amide bonds. The van der Waals surface area contributed by atoms with Crippen LogP contribution in [-0.2, 0) is 10.0 Å². The van der Waals surface area contributed by atoms with Crippen molar-refractivity contribution in [2.24, 2.45) is 0 Å². The molecule has 7 heteroatoms. The molecule has 2 aliphatic heterocycles. The van der Waals surface area contributed by atoms with E-state index in [0.29, 0.717) is 17.5 Å². The van der Waals surface area contributed by atoms with Crippen LogP contribution in [0.4, 0.5) is 0 Å². The summed E-state index contributed by atoms with van der Waals surface area (Å²) < 4.78 is 38.3. The molecule has 1 fully saturated rings. The fourth-order valence-electron chi connectivity index (χ4n) is 2.87. The molecule has 2 heterocycles. The van der Waals surface area contributed by atoms with E-state index in [9.17, 15) is 8.42 Å². The Hall–Kier alpha value is -1.31. The molecule has 0 unspecified atom stereocenters. The summed E-state index contributed by atoms with van der Waals surface area (Å²) in [6.07, 6.45) is 1.67. The zero-order chi connectivity index (χ0) is 15.7. The Balaban J connectivity index is 1.67. The molecular formula is C15H22N2O4S. The highest BCUT2D eigenvalue weighted by molar-refractivity contribution is 7.89. The summed E-state index contributed by atoms with van der Waals surface area (Å²) in [7, 11) is -3.52. The second kappa shape index (κ2) is 6.06. The number of ether oxygens (including phenoxy) is 2. The minimum atomic E-state index is -3.52. The van der Waals surface area contributed by atoms with Gasteiger partial charge in [-0.2, -0.15) is 0 Å². The van der Waals surface area contributed by atoms with Gasteiger partial charge in [0.2, 0.25) is 16.8 Å². The van der Waals surface area contributed by atoms with Crippen molar-refractivity contribution in [3.63, 3.8) is 0 Å². The summed E-state index contributed by atoms with van der Waals surface area (Å²) in [6.45, 7) is 6.31. The maximum Gasteiger partial charge on any atom is 0.240 e. The Bertz CT molecular complexity index is 637. The quantitative estimate of drug-likeness (QED) is 0.909. The standard InChI is InChI=1S/C15H22N2O4S/c1-11(2)17-7-5-12(6-8-17)16-22(18,19)13-3-4-14-15(9-13)21-10-20-14/h3-4,9,11-12,16H,5-8,10H2,1-2H3. The van der Waals surface area contributed by atoms with Gasteiger partial charge in [0.05, 0.1) is 4.90 Å². The van der Waals surface area contributed by atoms with Crippen molar-refractivity contribution in [3.8, 4) is 11.5 Å². The normalized spacial score (nSPS) is 19.8. The molecule has 0 spiro atoms. The summed E-state index contributed by atoms with van der Waals surface area (Å²) >= 11 is 0. The lowest BCUT2D eigenvalue weighted by Gasteiger charge is -2.34. The van der Waals surface area contributed by atoms with Gasteiger partial charge in [-0.15, -0.1) is 0 Å². The van der Waals surface area contributed by atoms with E-state index in [2.05, 4.69) is 23.5 Å². The number of likely N-dealkylation sites (tertiary alicyclic amines) is 1. The molecule has 0 aromatic heterocycles. The van der Waals surface area contributed by atoms with Crippen molar-refractivity contribution in [1.29, 1.82) is 0 Å². The summed E-state index contributed by atoms with van der Waals surface area (Å²) in [5.41, 5.74) is 0. The van der Waals surface area contributed by atoms with Gasteiger partial charge >= 0.3 is 0 Å². The maximum atomic E-state index is 12.5. The fraction of sp³-hybridized carbons (Fsp3) is 0.600. The van der Waals surface area contributed by atoms with Gasteiger partial charge in [-0.1, -0.05) is 0 Å². The number of sulfonamides is 1. The second-order valence-electron chi connectivity index (χ2n) is 6.04. The van der Waals surface area contributed by atoms with Gasteiger partial charge in [0.1, 0.15) is 0 Å². The zero-order valence-electron chi connectivity index (χ0n) is 12.9. The first-order chi connectivity index (χ1) is 10.5. The second-order valence-corrected chi connectivity index (χ2v) is 7.75. The molecule has 1 saturated heterocycles. The van der Waals surface area contributed by atoms with Gasteiger partial charge in [-0.25, -0.2) is 13.1 Å². The van der Waals surface area contributed by atoms with Crippen LogP contribution in [0.2, 0.25) is 0 Å². The lowest BCUT2D eigenvalue weighted by molar-refractivity contribution is 0.168. The van der Waals surface area contributed by atoms with E-state index in [0.717, 1.165) is 25.9 Å². The number of hydrogen-bond acceptors (Lipinski definition) is 5. The molecule has 0 atom stereocenters. The van der Waals surface area contributed by atoms with Crippen LogP contribution in [0.5, 0.6) is 11.5 Å². The molecule has 3 rings (SSSR count). The average Bonchev–Trinajstić information content (AvgIpc) is 2.94. The fourth-order valence-corrected chi connectivity index (χ4v) is 4.19. The van der Waals surface area contributed by atoms with E-state index in [1.807, 2.05) is 0 Å². The molecule has 2 aliphatic rings. The highest BCUT2D eigenvalue weighted by Gasteiger charge is 2.26. The highest BCUT2D eigenvalue weighted by Crippen LogP contribution is 2.33. The largest absolute Gasteiger partial charge is 0.454 e. The summed E-state index contributed by atoms with van der Waals surface area (Å²) in [4.78, 5) is 2.59. The number of nitrogens with zero attached hydrogens (tertiary/aromatic N) is 1. The Kier molecular flexibility index (Phi) is 4.29. The van der Waals surface area contributed by atoms with Crippen molar-refractivity contribution >= 4 is 10.0 Å². The maximum absolute atomic E-state index is 12.5. The van der Waals surface area contributed by atoms with Gasteiger partial charge in [-0.3, -0.25) is 0 Å². The Labute approximate surface area is 131 Å². The van der Waals surface area contributed by atoms with Gasteiger partial charge < -0.3 is 14.4 Å². The minimum absolute atomic E-state index is 0.00887. The van der Waals surface area contributed by atoms with Gasteiger partial charge in [0.25, 0.3) is 0 Å². The number of nitrogens with one attached hydrogen (secondary N) is 1. The molecule has 1 aromatic rings. The third kappa shape index (κ3) is 3.21. The van der Waals surface area contributed by atoms with E-state index in [1.165, 1.54) is 6.07 Å². The lowest BCUT2D eigenvalue weighted by atomic mass is 10.1. The number of piperidine rings is 1.